The maximum absolute atomic E-state index is 9.77. The molecule has 0 aromatic carbocycles. The first-order valence-corrected chi connectivity index (χ1v) is 4.57. The van der Waals surface area contributed by atoms with Crippen LogP contribution in [0.3, 0.4) is 0 Å². The Hall–Kier alpha value is -0.275. The standard InChI is InChI=1S/C10H20BO2/c1-7-8(2)11-13-10(5,6)9(3,4)12/h7,12H,1-6H3. The molecule has 0 aromatic rings. The minimum absolute atomic E-state index is 0.572. The van der Waals surface area contributed by atoms with Crippen molar-refractivity contribution in [3.63, 3.8) is 0 Å². The first-order valence-electron chi connectivity index (χ1n) is 4.57. The molecule has 0 saturated heterocycles. The quantitative estimate of drug-likeness (QED) is 0.676. The van der Waals surface area contributed by atoms with Gasteiger partial charge >= 0.3 is 7.48 Å². The van der Waals surface area contributed by atoms with Gasteiger partial charge in [-0.05, 0) is 34.6 Å². The number of hydrogen-bond donors (Lipinski definition) is 1. The number of rotatable bonds is 4. The zero-order valence-electron chi connectivity index (χ0n) is 9.51. The van der Waals surface area contributed by atoms with E-state index >= 15 is 0 Å². The number of aliphatic hydroxyl groups is 1. The van der Waals surface area contributed by atoms with Gasteiger partial charge in [0.25, 0.3) is 0 Å². The van der Waals surface area contributed by atoms with E-state index in [0.29, 0.717) is 0 Å². The molecule has 0 heterocycles. The van der Waals surface area contributed by atoms with Crippen molar-refractivity contribution in [3.05, 3.63) is 11.5 Å². The summed E-state index contributed by atoms with van der Waals surface area (Å²) < 4.78 is 5.50. The molecule has 0 aliphatic heterocycles. The van der Waals surface area contributed by atoms with Crippen molar-refractivity contribution in [2.75, 3.05) is 0 Å². The highest BCUT2D eigenvalue weighted by atomic mass is 16.5. The summed E-state index contributed by atoms with van der Waals surface area (Å²) in [7, 11) is 1.68. The molecule has 0 aliphatic carbocycles. The molecule has 0 aliphatic rings. The predicted molar refractivity (Wildman–Crippen MR) is 56.6 cm³/mol. The molecule has 1 radical (unpaired) electrons. The molecule has 0 atom stereocenters. The lowest BCUT2D eigenvalue weighted by Crippen LogP contribution is -2.48. The van der Waals surface area contributed by atoms with Gasteiger partial charge in [-0.3, -0.25) is 0 Å². The lowest BCUT2D eigenvalue weighted by Gasteiger charge is -2.37. The first kappa shape index (κ1) is 12.7. The lowest BCUT2D eigenvalue weighted by molar-refractivity contribution is -0.0896. The zero-order chi connectivity index (χ0) is 10.7. The van der Waals surface area contributed by atoms with Crippen LogP contribution >= 0.6 is 0 Å². The molecule has 0 saturated carbocycles. The Morgan fingerprint density at radius 3 is 2.08 bits per heavy atom. The normalized spacial score (nSPS) is 14.5. The molecule has 0 spiro atoms. The van der Waals surface area contributed by atoms with Crippen LogP contribution in [-0.2, 0) is 4.65 Å². The van der Waals surface area contributed by atoms with Crippen LogP contribution in [0.5, 0.6) is 0 Å². The van der Waals surface area contributed by atoms with Crippen LogP contribution in [0.4, 0.5) is 0 Å². The largest absolute Gasteiger partial charge is 0.427 e. The van der Waals surface area contributed by atoms with Gasteiger partial charge in [0, 0.05) is 0 Å². The van der Waals surface area contributed by atoms with Crippen molar-refractivity contribution in [2.45, 2.75) is 52.7 Å². The van der Waals surface area contributed by atoms with Crippen molar-refractivity contribution < 1.29 is 9.76 Å². The highest BCUT2D eigenvalue weighted by Crippen LogP contribution is 2.24. The van der Waals surface area contributed by atoms with E-state index in [1.54, 1.807) is 21.3 Å². The van der Waals surface area contributed by atoms with Crippen molar-refractivity contribution in [1.82, 2.24) is 0 Å². The van der Waals surface area contributed by atoms with Crippen molar-refractivity contribution >= 4 is 7.48 Å². The fraction of sp³-hybridized carbons (Fsp3) is 0.800. The summed E-state index contributed by atoms with van der Waals surface area (Å²) in [6.07, 6.45) is 1.96. The van der Waals surface area contributed by atoms with Crippen LogP contribution < -0.4 is 0 Å². The van der Waals surface area contributed by atoms with Gasteiger partial charge in [0.2, 0.25) is 0 Å². The Bertz CT molecular complexity index is 190. The van der Waals surface area contributed by atoms with Crippen LogP contribution in [0, 0.1) is 0 Å². The van der Waals surface area contributed by atoms with Crippen molar-refractivity contribution in [3.8, 4) is 0 Å². The van der Waals surface area contributed by atoms with Gasteiger partial charge in [0.15, 0.2) is 0 Å². The van der Waals surface area contributed by atoms with E-state index in [2.05, 4.69) is 0 Å². The average Bonchev–Trinajstić information content (AvgIpc) is 1.98. The molecule has 75 valence electrons. The van der Waals surface area contributed by atoms with Gasteiger partial charge in [0.1, 0.15) is 0 Å². The third-order valence-corrected chi connectivity index (χ3v) is 2.47. The minimum Gasteiger partial charge on any atom is -0.427 e. The van der Waals surface area contributed by atoms with Crippen LogP contribution in [0.2, 0.25) is 0 Å². The summed E-state index contributed by atoms with van der Waals surface area (Å²) in [5, 5.41) is 9.77. The highest BCUT2D eigenvalue weighted by molar-refractivity contribution is 6.37. The van der Waals surface area contributed by atoms with Crippen LogP contribution in [0.1, 0.15) is 41.5 Å². The molecule has 13 heavy (non-hydrogen) atoms. The van der Waals surface area contributed by atoms with Crippen LogP contribution in [0.15, 0.2) is 11.5 Å². The van der Waals surface area contributed by atoms with Gasteiger partial charge in [-0.15, -0.1) is 0 Å². The van der Waals surface area contributed by atoms with E-state index in [0.717, 1.165) is 5.47 Å². The fourth-order valence-corrected chi connectivity index (χ4v) is 0.453. The molecule has 3 heteroatoms. The maximum Gasteiger partial charge on any atom is 0.325 e. The number of allylic oxidation sites excluding steroid dienone is 2. The molecule has 2 nitrogen and oxygen atoms in total. The van der Waals surface area contributed by atoms with Gasteiger partial charge in [-0.1, -0.05) is 18.5 Å². The van der Waals surface area contributed by atoms with E-state index in [1.807, 2.05) is 33.8 Å². The van der Waals surface area contributed by atoms with Crippen molar-refractivity contribution in [1.29, 1.82) is 0 Å². The second-order valence-electron chi connectivity index (χ2n) is 4.34. The number of hydrogen-bond acceptors (Lipinski definition) is 2. The van der Waals surface area contributed by atoms with Gasteiger partial charge < -0.3 is 9.76 Å². The van der Waals surface area contributed by atoms with Gasteiger partial charge in [-0.2, -0.15) is 0 Å². The summed E-state index contributed by atoms with van der Waals surface area (Å²) >= 11 is 0. The smallest absolute Gasteiger partial charge is 0.325 e. The molecule has 0 bridgehead atoms. The monoisotopic (exact) mass is 183 g/mol. The third-order valence-electron chi connectivity index (χ3n) is 2.47. The predicted octanol–water partition coefficient (Wildman–Crippen LogP) is 2.10. The lowest BCUT2D eigenvalue weighted by atomic mass is 9.83. The first-order chi connectivity index (χ1) is 5.70. The van der Waals surface area contributed by atoms with E-state index in [1.165, 1.54) is 0 Å². The molecule has 0 unspecified atom stereocenters. The summed E-state index contributed by atoms with van der Waals surface area (Å²) in [6.45, 7) is 11.1. The highest BCUT2D eigenvalue weighted by Gasteiger charge is 2.35. The van der Waals surface area contributed by atoms with E-state index in [4.69, 9.17) is 4.65 Å². The molecular formula is C10H20BO2. The Balaban J connectivity index is 4.20. The Morgan fingerprint density at radius 2 is 1.77 bits per heavy atom. The minimum atomic E-state index is -0.850. The van der Waals surface area contributed by atoms with Crippen LogP contribution in [0.25, 0.3) is 0 Å². The molecule has 0 amide bonds. The van der Waals surface area contributed by atoms with E-state index in [-0.39, 0.29) is 0 Å². The van der Waals surface area contributed by atoms with Gasteiger partial charge in [0.05, 0.1) is 11.2 Å². The topological polar surface area (TPSA) is 29.5 Å². The van der Waals surface area contributed by atoms with E-state index in [9.17, 15) is 5.11 Å². The maximum atomic E-state index is 9.77. The second-order valence-corrected chi connectivity index (χ2v) is 4.34. The fourth-order valence-electron chi connectivity index (χ4n) is 0.453. The molecule has 0 fully saturated rings. The molecule has 1 N–H and O–H groups in total. The summed E-state index contributed by atoms with van der Waals surface area (Å²) in [5.41, 5.74) is -0.369. The summed E-state index contributed by atoms with van der Waals surface area (Å²) in [4.78, 5) is 0. The molecule has 0 aromatic heterocycles. The third kappa shape index (κ3) is 3.96. The van der Waals surface area contributed by atoms with Crippen molar-refractivity contribution in [2.24, 2.45) is 0 Å². The van der Waals surface area contributed by atoms with E-state index < -0.39 is 11.2 Å². The SMILES string of the molecule is CC=C(C)[B]OC(C)(C)C(C)(C)O. The average molecular weight is 183 g/mol. The summed E-state index contributed by atoms with van der Waals surface area (Å²) in [6, 6.07) is 0. The Labute approximate surface area is 82.3 Å². The molecular weight excluding hydrogens is 163 g/mol. The second kappa shape index (κ2) is 4.29. The van der Waals surface area contributed by atoms with Gasteiger partial charge in [-0.25, -0.2) is 0 Å². The summed E-state index contributed by atoms with van der Waals surface area (Å²) in [5.74, 6) is 0. The zero-order valence-corrected chi connectivity index (χ0v) is 9.51. The Morgan fingerprint density at radius 1 is 1.31 bits per heavy atom. The Kier molecular flexibility index (Phi) is 4.20. The molecule has 0 rings (SSSR count). The van der Waals surface area contributed by atoms with Crippen LogP contribution in [-0.4, -0.2) is 23.8 Å².